The molecule has 0 bridgehead atoms. The van der Waals surface area contributed by atoms with E-state index in [-0.39, 0.29) is 38.8 Å². The quantitative estimate of drug-likeness (QED) is 0.720. The molecule has 0 amide bonds. The van der Waals surface area contributed by atoms with Crippen molar-refractivity contribution in [1.29, 1.82) is 0 Å². The number of aryl methyl sites for hydroxylation is 1. The molecule has 22 heavy (non-hydrogen) atoms. The predicted octanol–water partition coefficient (Wildman–Crippen LogP) is 2.84. The summed E-state index contributed by atoms with van der Waals surface area (Å²) in [5.74, 6) is -1.81. The first kappa shape index (κ1) is 14.4. The van der Waals surface area contributed by atoms with Crippen LogP contribution in [0.3, 0.4) is 0 Å². The third-order valence-corrected chi connectivity index (χ3v) is 3.99. The summed E-state index contributed by atoms with van der Waals surface area (Å²) in [6.45, 7) is 1.69. The Bertz CT molecular complexity index is 854. The molecule has 5 nitrogen and oxygen atoms in total. The maximum atomic E-state index is 12.7. The Labute approximate surface area is 130 Å². The van der Waals surface area contributed by atoms with Gasteiger partial charge in [-0.25, -0.2) is 0 Å². The summed E-state index contributed by atoms with van der Waals surface area (Å²) >= 11 is 6.13. The SMILES string of the molecule is COc1cc(O)c2c(c1Cl)C(=O)c1cc(C)cc(O)c1C2=O. The van der Waals surface area contributed by atoms with Gasteiger partial charge in [0.15, 0.2) is 5.78 Å². The normalized spacial score (nSPS) is 12.9. The van der Waals surface area contributed by atoms with Crippen LogP contribution in [0.1, 0.15) is 37.4 Å². The molecule has 0 aliphatic heterocycles. The van der Waals surface area contributed by atoms with Gasteiger partial charge in [0.2, 0.25) is 5.78 Å². The zero-order valence-corrected chi connectivity index (χ0v) is 12.5. The van der Waals surface area contributed by atoms with E-state index < -0.39 is 17.3 Å². The average molecular weight is 319 g/mol. The zero-order valence-electron chi connectivity index (χ0n) is 11.7. The number of ketones is 2. The molecule has 0 saturated heterocycles. The third-order valence-electron chi connectivity index (χ3n) is 3.62. The Morgan fingerprint density at radius 3 is 2.23 bits per heavy atom. The second-order valence-corrected chi connectivity index (χ2v) is 5.40. The summed E-state index contributed by atoms with van der Waals surface area (Å²) in [6.07, 6.45) is 0. The molecule has 6 heteroatoms. The van der Waals surface area contributed by atoms with Crippen molar-refractivity contribution in [3.05, 3.63) is 51.0 Å². The number of carbonyl (C=O) groups excluding carboxylic acids is 2. The van der Waals surface area contributed by atoms with Crippen LogP contribution in [0, 0.1) is 6.92 Å². The van der Waals surface area contributed by atoms with E-state index in [2.05, 4.69) is 0 Å². The van der Waals surface area contributed by atoms with Gasteiger partial charge in [-0.1, -0.05) is 11.6 Å². The molecule has 1 aliphatic carbocycles. The minimum Gasteiger partial charge on any atom is -0.507 e. The van der Waals surface area contributed by atoms with Crippen molar-refractivity contribution in [2.45, 2.75) is 6.92 Å². The molecule has 0 fully saturated rings. The number of carbonyl (C=O) groups is 2. The van der Waals surface area contributed by atoms with Gasteiger partial charge in [0.25, 0.3) is 0 Å². The number of rotatable bonds is 1. The number of halogens is 1. The summed E-state index contributed by atoms with van der Waals surface area (Å²) in [5, 5.41) is 20.0. The number of ether oxygens (including phenoxy) is 1. The Morgan fingerprint density at radius 1 is 0.955 bits per heavy atom. The summed E-state index contributed by atoms with van der Waals surface area (Å²) in [4.78, 5) is 25.3. The molecule has 112 valence electrons. The van der Waals surface area contributed by atoms with Gasteiger partial charge in [-0.05, 0) is 24.6 Å². The third kappa shape index (κ3) is 1.79. The number of aromatic hydroxyl groups is 2. The monoisotopic (exact) mass is 318 g/mol. The van der Waals surface area contributed by atoms with Crippen LogP contribution in [-0.2, 0) is 0 Å². The second-order valence-electron chi connectivity index (χ2n) is 5.03. The number of hydrogen-bond donors (Lipinski definition) is 2. The number of phenols is 2. The molecule has 0 saturated carbocycles. The standard InChI is InChI=1S/C16H11ClO5/c1-6-3-7-11(8(18)4-6)16(21)12-9(19)5-10(22-2)14(17)13(12)15(7)20/h3-5,18-19H,1-2H3. The number of phenolic OH excluding ortho intramolecular Hbond substituents is 2. The largest absolute Gasteiger partial charge is 0.507 e. The highest BCUT2D eigenvalue weighted by Crippen LogP contribution is 2.43. The van der Waals surface area contributed by atoms with Gasteiger partial charge in [0.1, 0.15) is 17.2 Å². The fraction of sp³-hybridized carbons (Fsp3) is 0.125. The first-order valence-electron chi connectivity index (χ1n) is 6.39. The van der Waals surface area contributed by atoms with Crippen molar-refractivity contribution in [1.82, 2.24) is 0 Å². The summed E-state index contributed by atoms with van der Waals surface area (Å²) < 4.78 is 5.01. The lowest BCUT2D eigenvalue weighted by Crippen LogP contribution is -2.22. The molecule has 0 unspecified atom stereocenters. The molecular weight excluding hydrogens is 308 g/mol. The Morgan fingerprint density at radius 2 is 1.59 bits per heavy atom. The summed E-state index contributed by atoms with van der Waals surface area (Å²) in [5.41, 5.74) is 0.233. The van der Waals surface area contributed by atoms with Crippen LogP contribution in [0.25, 0.3) is 0 Å². The van der Waals surface area contributed by atoms with Gasteiger partial charge in [-0.3, -0.25) is 9.59 Å². The molecule has 0 spiro atoms. The molecule has 2 aromatic rings. The predicted molar refractivity (Wildman–Crippen MR) is 79.4 cm³/mol. The molecule has 0 atom stereocenters. The summed E-state index contributed by atoms with van der Waals surface area (Å²) in [6, 6.07) is 4.06. The lowest BCUT2D eigenvalue weighted by molar-refractivity contribution is 0.0974. The number of hydrogen-bond acceptors (Lipinski definition) is 5. The maximum absolute atomic E-state index is 12.7. The topological polar surface area (TPSA) is 83.8 Å². The molecule has 2 aromatic carbocycles. The zero-order chi connectivity index (χ0) is 16.2. The fourth-order valence-electron chi connectivity index (χ4n) is 2.66. The van der Waals surface area contributed by atoms with Crippen molar-refractivity contribution < 1.29 is 24.5 Å². The van der Waals surface area contributed by atoms with Crippen LogP contribution in [-0.4, -0.2) is 28.9 Å². The average Bonchev–Trinajstić information content (AvgIpc) is 2.45. The van der Waals surface area contributed by atoms with E-state index in [4.69, 9.17) is 16.3 Å². The number of methoxy groups -OCH3 is 1. The lowest BCUT2D eigenvalue weighted by Gasteiger charge is -2.21. The molecule has 1 aliphatic rings. The van der Waals surface area contributed by atoms with Crippen molar-refractivity contribution >= 4 is 23.2 Å². The van der Waals surface area contributed by atoms with Crippen molar-refractivity contribution in [3.63, 3.8) is 0 Å². The highest BCUT2D eigenvalue weighted by molar-refractivity contribution is 6.40. The Hall–Kier alpha value is -2.53. The molecule has 0 aromatic heterocycles. The maximum Gasteiger partial charge on any atom is 0.202 e. The highest BCUT2D eigenvalue weighted by Gasteiger charge is 2.37. The van der Waals surface area contributed by atoms with Gasteiger partial charge in [0, 0.05) is 11.6 Å². The number of benzene rings is 2. The van der Waals surface area contributed by atoms with Crippen molar-refractivity contribution in [3.8, 4) is 17.2 Å². The Kier molecular flexibility index (Phi) is 3.11. The number of fused-ring (bicyclic) bond motifs is 2. The van der Waals surface area contributed by atoms with Crippen LogP contribution in [0.4, 0.5) is 0 Å². The Balaban J connectivity index is 2.41. The minimum absolute atomic E-state index is 0.0414. The van der Waals surface area contributed by atoms with Gasteiger partial charge in [-0.2, -0.15) is 0 Å². The van der Waals surface area contributed by atoms with E-state index in [0.29, 0.717) is 5.56 Å². The minimum atomic E-state index is -0.649. The van der Waals surface area contributed by atoms with Gasteiger partial charge < -0.3 is 14.9 Å². The lowest BCUT2D eigenvalue weighted by atomic mass is 9.82. The molecule has 3 rings (SSSR count). The molecule has 2 N–H and O–H groups in total. The molecule has 0 heterocycles. The van der Waals surface area contributed by atoms with Gasteiger partial charge >= 0.3 is 0 Å². The van der Waals surface area contributed by atoms with E-state index in [1.807, 2.05) is 0 Å². The van der Waals surface area contributed by atoms with E-state index in [1.54, 1.807) is 6.92 Å². The van der Waals surface area contributed by atoms with E-state index in [1.165, 1.54) is 25.3 Å². The van der Waals surface area contributed by atoms with Gasteiger partial charge in [-0.15, -0.1) is 0 Å². The van der Waals surface area contributed by atoms with Gasteiger partial charge in [0.05, 0.1) is 28.8 Å². The van der Waals surface area contributed by atoms with Crippen molar-refractivity contribution in [2.75, 3.05) is 7.11 Å². The smallest absolute Gasteiger partial charge is 0.202 e. The summed E-state index contributed by atoms with van der Waals surface area (Å²) in [7, 11) is 1.34. The fourth-order valence-corrected chi connectivity index (χ4v) is 2.97. The molecular formula is C16H11ClO5. The highest BCUT2D eigenvalue weighted by atomic mass is 35.5. The second kappa shape index (κ2) is 4.74. The first-order chi connectivity index (χ1) is 10.4. The van der Waals surface area contributed by atoms with Crippen LogP contribution in [0.5, 0.6) is 17.2 Å². The van der Waals surface area contributed by atoms with Crippen molar-refractivity contribution in [2.24, 2.45) is 0 Å². The van der Waals surface area contributed by atoms with E-state index in [9.17, 15) is 19.8 Å². The van der Waals surface area contributed by atoms with Crippen LogP contribution in [0.2, 0.25) is 5.02 Å². The van der Waals surface area contributed by atoms with E-state index >= 15 is 0 Å². The molecule has 0 radical (unpaired) electrons. The first-order valence-corrected chi connectivity index (χ1v) is 6.77. The van der Waals surface area contributed by atoms with E-state index in [0.717, 1.165) is 0 Å². The van der Waals surface area contributed by atoms with Crippen LogP contribution in [0.15, 0.2) is 18.2 Å². The van der Waals surface area contributed by atoms with Crippen LogP contribution < -0.4 is 4.74 Å². The van der Waals surface area contributed by atoms with Crippen LogP contribution >= 0.6 is 11.6 Å².